The van der Waals surface area contributed by atoms with E-state index in [-0.39, 0.29) is 11.9 Å². The van der Waals surface area contributed by atoms with Crippen LogP contribution < -0.4 is 10.1 Å². The molecule has 1 aromatic rings. The highest BCUT2D eigenvalue weighted by Crippen LogP contribution is 2.20. The minimum atomic E-state index is -4.37. The van der Waals surface area contributed by atoms with Gasteiger partial charge in [0.1, 0.15) is 5.82 Å². The van der Waals surface area contributed by atoms with Crippen LogP contribution >= 0.6 is 0 Å². The maximum Gasteiger partial charge on any atom is 0.422 e. The molecule has 18 heavy (non-hydrogen) atoms. The van der Waals surface area contributed by atoms with Crippen LogP contribution in [0, 0.1) is 6.92 Å². The number of alkyl halides is 3. The third-order valence-corrected chi connectivity index (χ3v) is 2.02. The summed E-state index contributed by atoms with van der Waals surface area (Å²) in [5.74, 6) is 0.355. The second kappa shape index (κ2) is 5.99. The Balaban J connectivity index is 2.76. The van der Waals surface area contributed by atoms with Gasteiger partial charge in [0.15, 0.2) is 6.61 Å². The molecule has 1 N–H and O–H groups in total. The van der Waals surface area contributed by atoms with E-state index in [0.29, 0.717) is 17.9 Å². The second-order valence-electron chi connectivity index (χ2n) is 4.19. The Morgan fingerprint density at radius 1 is 1.39 bits per heavy atom. The average molecular weight is 263 g/mol. The topological polar surface area (TPSA) is 47.0 Å². The molecule has 0 unspecified atom stereocenters. The minimum absolute atomic E-state index is 0.0204. The molecule has 7 heteroatoms. The summed E-state index contributed by atoms with van der Waals surface area (Å²) in [5, 5.41) is 3.08. The van der Waals surface area contributed by atoms with Crippen molar-refractivity contribution >= 4 is 0 Å². The number of nitrogens with zero attached hydrogens (tertiary/aromatic N) is 2. The van der Waals surface area contributed by atoms with E-state index in [1.165, 1.54) is 6.20 Å². The van der Waals surface area contributed by atoms with Gasteiger partial charge in [0.2, 0.25) is 5.88 Å². The number of hydrogen-bond donors (Lipinski definition) is 1. The lowest BCUT2D eigenvalue weighted by Crippen LogP contribution is -2.24. The van der Waals surface area contributed by atoms with Gasteiger partial charge in [-0.15, -0.1) is 0 Å². The molecule has 102 valence electrons. The van der Waals surface area contributed by atoms with Crippen LogP contribution in [0.2, 0.25) is 0 Å². The molecule has 0 spiro atoms. The summed E-state index contributed by atoms with van der Waals surface area (Å²) in [5.41, 5.74) is 0.513. The number of nitrogens with one attached hydrogen (secondary N) is 1. The van der Waals surface area contributed by atoms with E-state index in [2.05, 4.69) is 15.3 Å². The van der Waals surface area contributed by atoms with Crippen LogP contribution in [-0.4, -0.2) is 28.8 Å². The molecule has 0 aliphatic carbocycles. The highest BCUT2D eigenvalue weighted by molar-refractivity contribution is 5.23. The van der Waals surface area contributed by atoms with Crippen LogP contribution in [0.4, 0.5) is 13.2 Å². The number of rotatable bonds is 5. The zero-order chi connectivity index (χ0) is 13.8. The van der Waals surface area contributed by atoms with E-state index in [1.807, 2.05) is 13.8 Å². The molecular formula is C11H16F3N3O. The molecule has 4 nitrogen and oxygen atoms in total. The van der Waals surface area contributed by atoms with Crippen molar-refractivity contribution in [2.45, 2.75) is 39.5 Å². The standard InChI is InChI=1S/C11H16F3N3O/c1-7(2)15-4-9-5-16-8(3)17-10(9)18-6-11(12,13)14/h5,7,15H,4,6H2,1-3H3. The first-order valence-electron chi connectivity index (χ1n) is 5.53. The van der Waals surface area contributed by atoms with Gasteiger partial charge in [-0.25, -0.2) is 4.98 Å². The first-order chi connectivity index (χ1) is 8.28. The summed E-state index contributed by atoms with van der Waals surface area (Å²) in [6.45, 7) is 4.49. The highest BCUT2D eigenvalue weighted by atomic mass is 19.4. The van der Waals surface area contributed by atoms with Gasteiger partial charge in [-0.1, -0.05) is 13.8 Å². The normalized spacial score (nSPS) is 11.9. The van der Waals surface area contributed by atoms with Gasteiger partial charge in [-0.05, 0) is 6.92 Å². The summed E-state index contributed by atoms with van der Waals surface area (Å²) in [6.07, 6.45) is -2.90. The molecule has 0 fully saturated rings. The fourth-order valence-corrected chi connectivity index (χ4v) is 1.18. The van der Waals surface area contributed by atoms with E-state index in [4.69, 9.17) is 4.74 Å². The number of hydrogen-bond acceptors (Lipinski definition) is 4. The van der Waals surface area contributed by atoms with Crippen molar-refractivity contribution in [3.63, 3.8) is 0 Å². The smallest absolute Gasteiger partial charge is 0.422 e. The number of ether oxygens (including phenoxy) is 1. The van der Waals surface area contributed by atoms with Gasteiger partial charge in [0, 0.05) is 24.3 Å². The van der Waals surface area contributed by atoms with Gasteiger partial charge >= 0.3 is 6.18 Å². The Morgan fingerprint density at radius 2 is 2.06 bits per heavy atom. The third-order valence-electron chi connectivity index (χ3n) is 2.02. The zero-order valence-corrected chi connectivity index (χ0v) is 10.5. The van der Waals surface area contributed by atoms with Crippen LogP contribution in [0.3, 0.4) is 0 Å². The minimum Gasteiger partial charge on any atom is -0.468 e. The van der Waals surface area contributed by atoms with Gasteiger partial charge in [0.25, 0.3) is 0 Å². The lowest BCUT2D eigenvalue weighted by molar-refractivity contribution is -0.154. The molecule has 0 saturated heterocycles. The van der Waals surface area contributed by atoms with Gasteiger partial charge < -0.3 is 10.1 Å². The monoisotopic (exact) mass is 263 g/mol. The molecule has 0 atom stereocenters. The van der Waals surface area contributed by atoms with E-state index in [1.54, 1.807) is 6.92 Å². The Kier molecular flexibility index (Phi) is 4.89. The largest absolute Gasteiger partial charge is 0.468 e. The third kappa shape index (κ3) is 5.31. The Labute approximate surface area is 104 Å². The Morgan fingerprint density at radius 3 is 2.61 bits per heavy atom. The molecule has 1 aromatic heterocycles. The first kappa shape index (κ1) is 14.7. The Bertz CT molecular complexity index is 394. The van der Waals surface area contributed by atoms with Crippen LogP contribution in [0.15, 0.2) is 6.20 Å². The molecule has 0 aromatic carbocycles. The summed E-state index contributed by atoms with van der Waals surface area (Å²) >= 11 is 0. The molecular weight excluding hydrogens is 247 g/mol. The number of halogens is 3. The summed E-state index contributed by atoms with van der Waals surface area (Å²) in [4.78, 5) is 7.83. The summed E-state index contributed by atoms with van der Waals surface area (Å²) in [6, 6.07) is 0.210. The molecule has 0 bridgehead atoms. The number of aromatic nitrogens is 2. The molecule has 0 radical (unpaired) electrons. The van der Waals surface area contributed by atoms with Gasteiger partial charge in [-0.2, -0.15) is 18.2 Å². The van der Waals surface area contributed by atoms with Crippen molar-refractivity contribution in [3.05, 3.63) is 17.6 Å². The summed E-state index contributed by atoms with van der Waals surface area (Å²) in [7, 11) is 0. The van der Waals surface area contributed by atoms with Gasteiger partial charge in [0.05, 0.1) is 0 Å². The van der Waals surface area contributed by atoms with E-state index >= 15 is 0 Å². The number of aryl methyl sites for hydroxylation is 1. The van der Waals surface area contributed by atoms with Crippen LogP contribution in [-0.2, 0) is 6.54 Å². The van der Waals surface area contributed by atoms with Crippen molar-refractivity contribution in [2.24, 2.45) is 0 Å². The predicted molar refractivity (Wildman–Crippen MR) is 60.3 cm³/mol. The SMILES string of the molecule is Cc1ncc(CNC(C)C)c(OCC(F)(F)F)n1. The Hall–Kier alpha value is -1.37. The van der Waals surface area contributed by atoms with Crippen molar-refractivity contribution in [1.82, 2.24) is 15.3 Å². The highest BCUT2D eigenvalue weighted by Gasteiger charge is 2.29. The van der Waals surface area contributed by atoms with Crippen LogP contribution in [0.25, 0.3) is 0 Å². The van der Waals surface area contributed by atoms with Crippen molar-refractivity contribution in [2.75, 3.05) is 6.61 Å². The van der Waals surface area contributed by atoms with E-state index in [9.17, 15) is 13.2 Å². The molecule has 1 heterocycles. The molecule has 1 rings (SSSR count). The predicted octanol–water partition coefficient (Wildman–Crippen LogP) is 2.22. The molecule has 0 amide bonds. The maximum atomic E-state index is 12.1. The summed E-state index contributed by atoms with van der Waals surface area (Å²) < 4.78 is 41.0. The van der Waals surface area contributed by atoms with Crippen LogP contribution in [0.5, 0.6) is 5.88 Å². The van der Waals surface area contributed by atoms with Crippen molar-refractivity contribution < 1.29 is 17.9 Å². The zero-order valence-electron chi connectivity index (χ0n) is 10.5. The quantitative estimate of drug-likeness (QED) is 0.885. The molecule has 0 saturated carbocycles. The van der Waals surface area contributed by atoms with Gasteiger partial charge in [-0.3, -0.25) is 0 Å². The lowest BCUT2D eigenvalue weighted by atomic mass is 10.3. The molecule has 0 aliphatic rings. The average Bonchev–Trinajstić information content (AvgIpc) is 2.23. The van der Waals surface area contributed by atoms with E-state index in [0.717, 1.165) is 0 Å². The van der Waals surface area contributed by atoms with Crippen molar-refractivity contribution in [1.29, 1.82) is 0 Å². The van der Waals surface area contributed by atoms with Crippen molar-refractivity contribution in [3.8, 4) is 5.88 Å². The lowest BCUT2D eigenvalue weighted by Gasteiger charge is -2.13. The van der Waals surface area contributed by atoms with E-state index < -0.39 is 12.8 Å². The van der Waals surface area contributed by atoms with Crippen LogP contribution in [0.1, 0.15) is 25.2 Å². The second-order valence-corrected chi connectivity index (χ2v) is 4.19. The maximum absolute atomic E-state index is 12.1. The fraction of sp³-hybridized carbons (Fsp3) is 0.636. The molecule has 0 aliphatic heterocycles. The first-order valence-corrected chi connectivity index (χ1v) is 5.53. The fourth-order valence-electron chi connectivity index (χ4n) is 1.18.